The minimum atomic E-state index is -3.08. The highest BCUT2D eigenvalue weighted by Crippen LogP contribution is 2.48. The molecule has 1 amide bonds. The first-order valence-corrected chi connectivity index (χ1v) is 18.9. The van der Waals surface area contributed by atoms with Crippen LogP contribution in [0.15, 0.2) is 115 Å². The summed E-state index contributed by atoms with van der Waals surface area (Å²) in [6.07, 6.45) is 4.41. The molecule has 1 aromatic heterocycles. The van der Waals surface area contributed by atoms with E-state index in [0.29, 0.717) is 11.4 Å². The summed E-state index contributed by atoms with van der Waals surface area (Å²) in [5, 5.41) is 17.6. The zero-order valence-corrected chi connectivity index (χ0v) is 28.2. The predicted molar refractivity (Wildman–Crippen MR) is 193 cm³/mol. The predicted octanol–water partition coefficient (Wildman–Crippen LogP) is 7.61. The number of carbonyl (C=O) groups excluding carboxylic acids is 2. The summed E-state index contributed by atoms with van der Waals surface area (Å²) in [6.45, 7) is -1.03. The summed E-state index contributed by atoms with van der Waals surface area (Å²) in [5.74, 6) is -0.444. The molecule has 1 saturated carbocycles. The van der Waals surface area contributed by atoms with Gasteiger partial charge in [0.05, 0.1) is 10.2 Å². The molecular weight excluding hydrogens is 621 g/mol. The monoisotopic (exact) mass is 659 g/mol. The number of hydrogen-bond acceptors (Lipinski definition) is 6. The van der Waals surface area contributed by atoms with Crippen LogP contribution in [0.25, 0.3) is 10.2 Å². The van der Waals surface area contributed by atoms with Crippen molar-refractivity contribution in [3.63, 3.8) is 0 Å². The van der Waals surface area contributed by atoms with Crippen LogP contribution in [-0.4, -0.2) is 28.3 Å². The number of Topliss-reactive ketones (excluding diaryl/α,β-unsaturated/α-hetero) is 1. The first-order chi connectivity index (χ1) is 23.0. The highest BCUT2D eigenvalue weighted by molar-refractivity contribution is 7.97. The van der Waals surface area contributed by atoms with E-state index in [0.717, 1.165) is 58.2 Å². The van der Waals surface area contributed by atoms with Crippen molar-refractivity contribution in [1.82, 2.24) is 10.3 Å². The van der Waals surface area contributed by atoms with E-state index < -0.39 is 24.3 Å². The summed E-state index contributed by atoms with van der Waals surface area (Å²) in [5.41, 5.74) is -0.884. The highest BCUT2D eigenvalue weighted by atomic mass is 32.1. The minimum absolute atomic E-state index is 0.109. The maximum absolute atomic E-state index is 15.8. The van der Waals surface area contributed by atoms with Crippen LogP contribution in [0.4, 0.5) is 4.79 Å². The van der Waals surface area contributed by atoms with Crippen molar-refractivity contribution in [3.05, 3.63) is 120 Å². The van der Waals surface area contributed by atoms with Gasteiger partial charge in [0.2, 0.25) is 5.78 Å². The van der Waals surface area contributed by atoms with E-state index >= 15 is 4.79 Å². The van der Waals surface area contributed by atoms with Crippen molar-refractivity contribution in [2.75, 3.05) is 0 Å². The smallest absolute Gasteiger partial charge is 0.408 e. The second-order valence-corrected chi connectivity index (χ2v) is 16.3. The summed E-state index contributed by atoms with van der Waals surface area (Å²) < 4.78 is 6.84. The Bertz CT molecular complexity index is 1810. The van der Waals surface area contributed by atoms with Crippen molar-refractivity contribution in [2.45, 2.75) is 63.5 Å². The number of rotatable bonds is 11. The Balaban J connectivity index is 1.69. The number of benzene rings is 4. The molecule has 1 atom stereocenters. The Kier molecular flexibility index (Phi) is 10.0. The normalized spacial score (nSPS) is 14.6. The molecule has 238 valence electrons. The van der Waals surface area contributed by atoms with Crippen LogP contribution >= 0.6 is 18.2 Å². The van der Waals surface area contributed by atoms with Crippen molar-refractivity contribution < 1.29 is 14.3 Å². The van der Waals surface area contributed by atoms with Gasteiger partial charge in [-0.25, -0.2) is 9.78 Å². The number of fused-ring (bicyclic) bond motifs is 1. The van der Waals surface area contributed by atoms with E-state index in [4.69, 9.17) is 9.72 Å². The van der Waals surface area contributed by atoms with Crippen LogP contribution < -0.4 is 21.2 Å². The zero-order chi connectivity index (χ0) is 32.7. The number of nitrogens with zero attached hydrogens (tertiary/aromatic N) is 2. The molecule has 0 aliphatic heterocycles. The molecule has 1 aliphatic rings. The molecule has 0 unspecified atom stereocenters. The van der Waals surface area contributed by atoms with Gasteiger partial charge in [-0.2, -0.15) is 5.26 Å². The van der Waals surface area contributed by atoms with Gasteiger partial charge in [-0.05, 0) is 67.0 Å². The molecule has 1 aliphatic carbocycles. The molecular formula is C39H38N3O3PS. The van der Waals surface area contributed by atoms with Gasteiger partial charge in [-0.1, -0.05) is 123 Å². The Morgan fingerprint density at radius 3 is 1.91 bits per heavy atom. The van der Waals surface area contributed by atoms with Crippen molar-refractivity contribution in [1.29, 1.82) is 5.26 Å². The summed E-state index contributed by atoms with van der Waals surface area (Å²) in [7, 11) is 0. The molecule has 1 heterocycles. The van der Waals surface area contributed by atoms with E-state index in [1.807, 2.05) is 115 Å². The molecule has 47 heavy (non-hydrogen) atoms. The Hall–Kier alpha value is -4.50. The zero-order valence-electron chi connectivity index (χ0n) is 26.5. The van der Waals surface area contributed by atoms with E-state index in [9.17, 15) is 10.1 Å². The fourth-order valence-electron chi connectivity index (χ4n) is 6.62. The Morgan fingerprint density at radius 2 is 1.40 bits per heavy atom. The molecule has 5 aromatic rings. The quantitative estimate of drug-likeness (QED) is 0.147. The summed E-state index contributed by atoms with van der Waals surface area (Å²) in [6, 6.07) is 39.7. The Labute approximate surface area is 280 Å². The maximum atomic E-state index is 15.8. The standard InChI is InChI=1S/C39H38N3O3PS/c1-2-3-27-39(42-38(44)45-29-17-13-14-18-29,37-41-33-25-15-16-26-35(33)47-37)36(43)34(28-40)46(30-19-7-4-8-20-30,31-21-9-5-10-22-31)32-23-11-6-12-24-32/h4-12,15-16,19-26,29H,2-3,13-14,17-18,27H2,1H3,(H,42,44)/t39-/m0/s1. The van der Waals surface area contributed by atoms with Crippen LogP contribution in [0.5, 0.6) is 0 Å². The van der Waals surface area contributed by atoms with Gasteiger partial charge in [0.15, 0.2) is 5.54 Å². The maximum Gasteiger partial charge on any atom is 0.408 e. The number of alkyl carbamates (subject to hydrolysis) is 1. The van der Waals surface area contributed by atoms with Gasteiger partial charge in [-0.15, -0.1) is 11.3 Å². The number of para-hydroxylation sites is 1. The van der Waals surface area contributed by atoms with E-state index in [1.165, 1.54) is 11.3 Å². The second-order valence-electron chi connectivity index (χ2n) is 11.9. The van der Waals surface area contributed by atoms with Crippen molar-refractivity contribution in [3.8, 4) is 6.07 Å². The number of aromatic nitrogens is 1. The van der Waals surface area contributed by atoms with Gasteiger partial charge in [0.1, 0.15) is 22.5 Å². The molecule has 4 aromatic carbocycles. The van der Waals surface area contributed by atoms with Crippen LogP contribution in [0, 0.1) is 11.3 Å². The SMILES string of the molecule is CCCC[C@](NC(=O)OC1CCCC1)(C(=O)C(C#N)=P(c1ccccc1)(c1ccccc1)c1ccccc1)c1nc2ccccc2s1. The third-order valence-electron chi connectivity index (χ3n) is 8.93. The molecule has 0 spiro atoms. The number of carbonyl (C=O) groups is 2. The van der Waals surface area contributed by atoms with E-state index in [1.54, 1.807) is 0 Å². The van der Waals surface area contributed by atoms with E-state index in [2.05, 4.69) is 18.3 Å². The number of ether oxygens (including phenoxy) is 1. The molecule has 1 fully saturated rings. The number of nitrogens with one attached hydrogen (secondary N) is 1. The first-order valence-electron chi connectivity index (χ1n) is 16.3. The molecule has 6 nitrogen and oxygen atoms in total. The largest absolute Gasteiger partial charge is 0.446 e. The average molecular weight is 660 g/mol. The molecule has 6 rings (SSSR count). The molecule has 0 saturated heterocycles. The highest BCUT2D eigenvalue weighted by Gasteiger charge is 2.49. The number of thiazole rings is 1. The van der Waals surface area contributed by atoms with Gasteiger partial charge < -0.3 is 10.1 Å². The van der Waals surface area contributed by atoms with Crippen molar-refractivity contribution in [2.24, 2.45) is 0 Å². The third kappa shape index (κ3) is 6.29. The lowest BCUT2D eigenvalue weighted by Crippen LogP contribution is -2.55. The summed E-state index contributed by atoms with van der Waals surface area (Å²) in [4.78, 5) is 34.6. The fraction of sp³-hybridized carbons (Fsp3) is 0.256. The fourth-order valence-corrected chi connectivity index (χ4v) is 11.9. The lowest BCUT2D eigenvalue weighted by Gasteiger charge is -2.35. The lowest BCUT2D eigenvalue weighted by atomic mass is 9.87. The van der Waals surface area contributed by atoms with Gasteiger partial charge in [-0.3, -0.25) is 4.79 Å². The number of ketones is 1. The molecule has 0 radical (unpaired) electrons. The van der Waals surface area contributed by atoms with Crippen molar-refractivity contribution >= 4 is 61.5 Å². The van der Waals surface area contributed by atoms with Crippen LogP contribution in [0.3, 0.4) is 0 Å². The van der Waals surface area contributed by atoms with E-state index in [-0.39, 0.29) is 17.8 Å². The molecule has 0 bridgehead atoms. The number of hydrogen-bond donors (Lipinski definition) is 1. The number of amides is 1. The number of unbranched alkanes of at least 4 members (excludes halogenated alkanes) is 1. The van der Waals surface area contributed by atoms with Gasteiger partial charge in [0.25, 0.3) is 0 Å². The Morgan fingerprint density at radius 1 is 0.872 bits per heavy atom. The molecule has 8 heteroatoms. The summed E-state index contributed by atoms with van der Waals surface area (Å²) >= 11 is 1.38. The molecule has 1 N–H and O–H groups in total. The lowest BCUT2D eigenvalue weighted by molar-refractivity contribution is -0.119. The second kappa shape index (κ2) is 14.5. The average Bonchev–Trinajstić information content (AvgIpc) is 3.80. The van der Waals surface area contributed by atoms with Gasteiger partial charge in [0, 0.05) is 0 Å². The van der Waals surface area contributed by atoms with Crippen LogP contribution in [-0.2, 0) is 15.1 Å². The van der Waals surface area contributed by atoms with Gasteiger partial charge >= 0.3 is 6.09 Å². The van der Waals surface area contributed by atoms with Crippen LogP contribution in [0.2, 0.25) is 0 Å². The third-order valence-corrected chi connectivity index (χ3v) is 14.3. The van der Waals surface area contributed by atoms with Crippen LogP contribution in [0.1, 0.15) is 56.9 Å². The topological polar surface area (TPSA) is 92.1 Å². The minimum Gasteiger partial charge on any atom is -0.446 e. The first kappa shape index (κ1) is 32.4. The number of nitriles is 1.